The molecule has 0 saturated carbocycles. The summed E-state index contributed by atoms with van der Waals surface area (Å²) in [5.41, 5.74) is -0.470. The molecule has 0 saturated heterocycles. The van der Waals surface area contributed by atoms with Crippen molar-refractivity contribution in [2.24, 2.45) is 0 Å². The lowest BCUT2D eigenvalue weighted by atomic mass is 9.93. The molecule has 5 heteroatoms. The highest BCUT2D eigenvalue weighted by atomic mass is 16.6. The minimum Gasteiger partial charge on any atom is -0.508 e. The van der Waals surface area contributed by atoms with Crippen LogP contribution in [0.25, 0.3) is 0 Å². The number of hydrogen-bond donors (Lipinski definition) is 1. The van der Waals surface area contributed by atoms with Gasteiger partial charge in [0.1, 0.15) is 13.6 Å². The fraction of sp³-hybridized carbons (Fsp3) is 0. The van der Waals surface area contributed by atoms with Crippen molar-refractivity contribution in [1.82, 2.24) is 0 Å². The number of benzene rings is 1. The van der Waals surface area contributed by atoms with Crippen molar-refractivity contribution in [3.8, 4) is 5.75 Å². The van der Waals surface area contributed by atoms with E-state index >= 15 is 0 Å². The van der Waals surface area contributed by atoms with Crippen molar-refractivity contribution < 1.29 is 10.0 Å². The monoisotopic (exact) mass is 149 g/mol. The summed E-state index contributed by atoms with van der Waals surface area (Å²) >= 11 is 0. The second kappa shape index (κ2) is 2.61. The van der Waals surface area contributed by atoms with Gasteiger partial charge in [-0.1, -0.05) is 6.07 Å². The van der Waals surface area contributed by atoms with Crippen LogP contribution in [-0.4, -0.2) is 17.9 Å². The molecular weight excluding hydrogens is 145 g/mol. The molecule has 0 spiro atoms. The van der Waals surface area contributed by atoms with Gasteiger partial charge in [-0.25, -0.2) is 0 Å². The molecule has 54 valence electrons. The van der Waals surface area contributed by atoms with Gasteiger partial charge in [-0.15, -0.1) is 0 Å². The highest BCUT2D eigenvalue weighted by Crippen LogP contribution is 2.12. The van der Waals surface area contributed by atoms with Gasteiger partial charge in [-0.05, 0) is 6.07 Å². The van der Waals surface area contributed by atoms with Crippen molar-refractivity contribution in [3.63, 3.8) is 0 Å². The van der Waals surface area contributed by atoms with Crippen LogP contribution in [0.15, 0.2) is 18.2 Å². The average Bonchev–Trinajstić information content (AvgIpc) is 1.94. The first-order chi connectivity index (χ1) is 5.13. The van der Waals surface area contributed by atoms with E-state index in [1.807, 2.05) is 0 Å². The molecule has 1 aromatic rings. The highest BCUT2D eigenvalue weighted by Gasteiger charge is 2.10. The van der Waals surface area contributed by atoms with Crippen LogP contribution in [0.3, 0.4) is 0 Å². The van der Waals surface area contributed by atoms with Gasteiger partial charge in [0, 0.05) is 11.5 Å². The van der Waals surface area contributed by atoms with Gasteiger partial charge >= 0.3 is 0 Å². The number of phenols is 1. The number of nitro groups is 1. The van der Waals surface area contributed by atoms with Crippen LogP contribution in [0.4, 0.5) is 5.69 Å². The molecule has 4 nitrogen and oxygen atoms in total. The van der Waals surface area contributed by atoms with Gasteiger partial charge in [-0.3, -0.25) is 10.1 Å². The fourth-order valence-corrected chi connectivity index (χ4v) is 0.700. The second-order valence-corrected chi connectivity index (χ2v) is 1.97. The lowest BCUT2D eigenvalue weighted by Gasteiger charge is -1.98. The molecule has 0 aromatic heterocycles. The highest BCUT2D eigenvalue weighted by molar-refractivity contribution is 6.36. The van der Waals surface area contributed by atoms with E-state index in [-0.39, 0.29) is 16.9 Å². The molecule has 0 amide bonds. The van der Waals surface area contributed by atoms with Gasteiger partial charge in [0.25, 0.3) is 5.69 Å². The Labute approximate surface area is 64.0 Å². The molecule has 0 fully saturated rings. The third kappa shape index (κ3) is 1.31. The third-order valence-electron chi connectivity index (χ3n) is 1.26. The number of hydrogen-bond acceptors (Lipinski definition) is 3. The van der Waals surface area contributed by atoms with Crippen LogP contribution in [0.5, 0.6) is 5.75 Å². The predicted molar refractivity (Wildman–Crippen MR) is 40.1 cm³/mol. The van der Waals surface area contributed by atoms with E-state index in [1.54, 1.807) is 0 Å². The molecule has 0 bridgehead atoms. The maximum absolute atomic E-state index is 10.2. The van der Waals surface area contributed by atoms with Crippen LogP contribution in [-0.2, 0) is 0 Å². The maximum atomic E-state index is 10.2. The second-order valence-electron chi connectivity index (χ2n) is 1.97. The van der Waals surface area contributed by atoms with Crippen LogP contribution in [0, 0.1) is 10.1 Å². The van der Waals surface area contributed by atoms with Gasteiger partial charge < -0.3 is 5.11 Å². The first-order valence-corrected chi connectivity index (χ1v) is 2.85. The number of nitro benzene ring substituents is 1. The number of rotatable bonds is 1. The Bertz CT molecular complexity index is 300. The fourth-order valence-electron chi connectivity index (χ4n) is 0.700. The van der Waals surface area contributed by atoms with Crippen LogP contribution in [0.1, 0.15) is 0 Å². The molecule has 2 radical (unpaired) electrons. The molecule has 0 atom stereocenters. The Morgan fingerprint density at radius 1 is 1.55 bits per heavy atom. The normalized spacial score (nSPS) is 9.45. The molecule has 0 aliphatic carbocycles. The van der Waals surface area contributed by atoms with Gasteiger partial charge in [0.15, 0.2) is 0 Å². The lowest BCUT2D eigenvalue weighted by Crippen LogP contribution is -2.09. The Morgan fingerprint density at radius 2 is 2.18 bits per heavy atom. The number of aromatic hydroxyl groups is 1. The Morgan fingerprint density at radius 3 is 2.64 bits per heavy atom. The summed E-state index contributed by atoms with van der Waals surface area (Å²) in [6.45, 7) is 0. The van der Waals surface area contributed by atoms with E-state index in [0.717, 1.165) is 0 Å². The van der Waals surface area contributed by atoms with Gasteiger partial charge in [0.2, 0.25) is 0 Å². The zero-order valence-electron chi connectivity index (χ0n) is 5.52. The van der Waals surface area contributed by atoms with Gasteiger partial charge in [-0.2, -0.15) is 0 Å². The average molecular weight is 149 g/mol. The van der Waals surface area contributed by atoms with Crippen molar-refractivity contribution in [1.29, 1.82) is 0 Å². The molecule has 1 N–H and O–H groups in total. The largest absolute Gasteiger partial charge is 0.508 e. The minimum absolute atomic E-state index is 0.197. The summed E-state index contributed by atoms with van der Waals surface area (Å²) in [6.07, 6.45) is 0. The topological polar surface area (TPSA) is 63.4 Å². The van der Waals surface area contributed by atoms with E-state index in [0.29, 0.717) is 0 Å². The smallest absolute Gasteiger partial charge is 0.266 e. The van der Waals surface area contributed by atoms with Crippen molar-refractivity contribution in [2.45, 2.75) is 0 Å². The molecule has 11 heavy (non-hydrogen) atoms. The summed E-state index contributed by atoms with van der Waals surface area (Å²) in [4.78, 5) is 9.54. The Balaban J connectivity index is 3.27. The zero-order chi connectivity index (χ0) is 8.43. The molecule has 0 heterocycles. The van der Waals surface area contributed by atoms with E-state index in [1.165, 1.54) is 18.2 Å². The summed E-state index contributed by atoms with van der Waals surface area (Å²) in [5.74, 6) is -0.265. The molecule has 0 aliphatic heterocycles. The lowest BCUT2D eigenvalue weighted by molar-refractivity contribution is -0.383. The van der Waals surface area contributed by atoms with E-state index in [9.17, 15) is 10.1 Å². The third-order valence-corrected chi connectivity index (χ3v) is 1.26. The minimum atomic E-state index is -0.644. The summed E-state index contributed by atoms with van der Waals surface area (Å²) in [6, 6.07) is 3.89. The van der Waals surface area contributed by atoms with Crippen LogP contribution < -0.4 is 5.46 Å². The standard InChI is InChI=1S/C6H4BNO3/c7-6-4(8(10)11)2-1-3-5(6)9/h1-3,9H. The van der Waals surface area contributed by atoms with Crippen molar-refractivity contribution in [3.05, 3.63) is 28.3 Å². The molecule has 0 aliphatic rings. The summed E-state index contributed by atoms with van der Waals surface area (Å²) in [5, 5.41) is 19.1. The summed E-state index contributed by atoms with van der Waals surface area (Å²) < 4.78 is 0. The van der Waals surface area contributed by atoms with Crippen LogP contribution >= 0.6 is 0 Å². The zero-order valence-corrected chi connectivity index (χ0v) is 5.52. The Hall–Kier alpha value is -1.52. The molecular formula is C6H4BNO3. The van der Waals surface area contributed by atoms with Crippen molar-refractivity contribution >= 4 is 19.0 Å². The Kier molecular flexibility index (Phi) is 1.80. The van der Waals surface area contributed by atoms with Gasteiger partial charge in [0.05, 0.1) is 4.92 Å². The quantitative estimate of drug-likeness (QED) is 0.349. The molecule has 1 aromatic carbocycles. The predicted octanol–water partition coefficient (Wildman–Crippen LogP) is 0.0942. The number of nitrogens with zero attached hydrogens (tertiary/aromatic N) is 1. The molecule has 0 unspecified atom stereocenters. The SMILES string of the molecule is [B]c1c(O)cccc1[N+](=O)[O-]. The summed E-state index contributed by atoms with van der Waals surface area (Å²) in [7, 11) is 5.19. The van der Waals surface area contributed by atoms with Crippen LogP contribution in [0.2, 0.25) is 0 Å². The van der Waals surface area contributed by atoms with E-state index in [4.69, 9.17) is 13.0 Å². The first kappa shape index (κ1) is 7.59. The van der Waals surface area contributed by atoms with E-state index in [2.05, 4.69) is 0 Å². The molecule has 1 rings (SSSR count). The van der Waals surface area contributed by atoms with E-state index < -0.39 is 4.92 Å². The maximum Gasteiger partial charge on any atom is 0.266 e. The van der Waals surface area contributed by atoms with Crippen molar-refractivity contribution in [2.75, 3.05) is 0 Å². The number of phenolic OH excluding ortho intramolecular Hbond substituents is 1. The first-order valence-electron chi connectivity index (χ1n) is 2.85.